The van der Waals surface area contributed by atoms with E-state index < -0.39 is 0 Å². The van der Waals surface area contributed by atoms with Crippen LogP contribution < -0.4 is 5.32 Å². The first-order valence-corrected chi connectivity index (χ1v) is 6.88. The van der Waals surface area contributed by atoms with Crippen molar-refractivity contribution in [1.82, 2.24) is 10.3 Å². The van der Waals surface area contributed by atoms with Crippen molar-refractivity contribution >= 4 is 11.3 Å². The zero-order valence-electron chi connectivity index (χ0n) is 10.1. The normalized spacial score (nSPS) is 10.6. The second-order valence-corrected chi connectivity index (χ2v) is 5.19. The van der Waals surface area contributed by atoms with Gasteiger partial charge in [0.15, 0.2) is 0 Å². The molecule has 0 bridgehead atoms. The van der Waals surface area contributed by atoms with E-state index in [4.69, 9.17) is 0 Å². The third kappa shape index (κ3) is 3.95. The van der Waals surface area contributed by atoms with Crippen LogP contribution in [0.3, 0.4) is 0 Å². The second-order valence-electron chi connectivity index (χ2n) is 3.99. The summed E-state index contributed by atoms with van der Waals surface area (Å²) >= 11 is 1.81. The van der Waals surface area contributed by atoms with Crippen LogP contribution in [0.5, 0.6) is 0 Å². The molecule has 0 saturated carbocycles. The van der Waals surface area contributed by atoms with Crippen molar-refractivity contribution in [2.75, 3.05) is 6.54 Å². The number of hydrogen-bond donors (Lipinski definition) is 1. The van der Waals surface area contributed by atoms with Crippen molar-refractivity contribution in [3.05, 3.63) is 52.0 Å². The van der Waals surface area contributed by atoms with Crippen molar-refractivity contribution < 1.29 is 0 Å². The van der Waals surface area contributed by atoms with Crippen LogP contribution in [-0.2, 0) is 19.4 Å². The topological polar surface area (TPSA) is 24.9 Å². The van der Waals surface area contributed by atoms with Gasteiger partial charge in [-0.05, 0) is 24.9 Å². The van der Waals surface area contributed by atoms with E-state index >= 15 is 0 Å². The zero-order valence-corrected chi connectivity index (χ0v) is 11.0. The number of nitrogens with zero attached hydrogens (tertiary/aromatic N) is 1. The summed E-state index contributed by atoms with van der Waals surface area (Å²) in [7, 11) is 0. The molecule has 0 unspecified atom stereocenters. The van der Waals surface area contributed by atoms with Gasteiger partial charge in [-0.3, -0.25) is 0 Å². The molecule has 0 aliphatic carbocycles. The molecule has 17 heavy (non-hydrogen) atoms. The Hall–Kier alpha value is -1.19. The van der Waals surface area contributed by atoms with Crippen molar-refractivity contribution in [3.63, 3.8) is 0 Å². The molecule has 1 aromatic carbocycles. The summed E-state index contributed by atoms with van der Waals surface area (Å²) in [6.45, 7) is 4.10. The van der Waals surface area contributed by atoms with Gasteiger partial charge >= 0.3 is 0 Å². The van der Waals surface area contributed by atoms with Gasteiger partial charge in [0.05, 0.1) is 5.01 Å². The zero-order chi connectivity index (χ0) is 11.9. The summed E-state index contributed by atoms with van der Waals surface area (Å²) in [6.07, 6.45) is 4.11. The van der Waals surface area contributed by atoms with Gasteiger partial charge in [0, 0.05) is 17.6 Å². The number of nitrogens with one attached hydrogen (secondary N) is 1. The minimum atomic E-state index is 0.935. The number of aromatic nitrogens is 1. The van der Waals surface area contributed by atoms with E-state index in [0.717, 1.165) is 25.9 Å². The molecular formula is C14H18N2S. The summed E-state index contributed by atoms with van der Waals surface area (Å²) in [5.41, 5.74) is 1.39. The Bertz CT molecular complexity index is 436. The molecule has 90 valence electrons. The van der Waals surface area contributed by atoms with E-state index in [1.807, 2.05) is 6.20 Å². The van der Waals surface area contributed by atoms with E-state index in [0.29, 0.717) is 0 Å². The molecule has 3 heteroatoms. The number of aryl methyl sites for hydroxylation is 1. The molecule has 0 aliphatic rings. The molecule has 1 heterocycles. The highest BCUT2D eigenvalue weighted by atomic mass is 32.1. The van der Waals surface area contributed by atoms with Crippen molar-refractivity contribution in [2.45, 2.75) is 26.3 Å². The van der Waals surface area contributed by atoms with Crippen LogP contribution in [0.15, 0.2) is 36.5 Å². The molecule has 2 nitrogen and oxygen atoms in total. The Morgan fingerprint density at radius 2 is 2.06 bits per heavy atom. The lowest BCUT2D eigenvalue weighted by Gasteiger charge is -2.02. The molecule has 0 fully saturated rings. The summed E-state index contributed by atoms with van der Waals surface area (Å²) in [6, 6.07) is 10.6. The van der Waals surface area contributed by atoms with E-state index in [9.17, 15) is 0 Å². The highest BCUT2D eigenvalue weighted by Crippen LogP contribution is 2.12. The fraction of sp³-hybridized carbons (Fsp3) is 0.357. The van der Waals surface area contributed by atoms with Gasteiger partial charge in [-0.15, -0.1) is 11.3 Å². The fourth-order valence-electron chi connectivity index (χ4n) is 1.68. The molecule has 2 aromatic rings. The van der Waals surface area contributed by atoms with E-state index in [2.05, 4.69) is 47.6 Å². The van der Waals surface area contributed by atoms with Gasteiger partial charge in [-0.1, -0.05) is 37.3 Å². The van der Waals surface area contributed by atoms with E-state index in [1.165, 1.54) is 15.4 Å². The van der Waals surface area contributed by atoms with E-state index in [1.54, 1.807) is 11.3 Å². The number of benzene rings is 1. The van der Waals surface area contributed by atoms with Crippen LogP contribution in [0.2, 0.25) is 0 Å². The first kappa shape index (κ1) is 12.3. The SMILES string of the molecule is CCc1ncc(CNCCc2ccccc2)s1. The van der Waals surface area contributed by atoms with E-state index in [-0.39, 0.29) is 0 Å². The van der Waals surface area contributed by atoms with Gasteiger partial charge in [0.1, 0.15) is 0 Å². The monoisotopic (exact) mass is 246 g/mol. The predicted octanol–water partition coefficient (Wildman–Crippen LogP) is 3.04. The van der Waals surface area contributed by atoms with Crippen molar-refractivity contribution in [2.24, 2.45) is 0 Å². The lowest BCUT2D eigenvalue weighted by molar-refractivity contribution is 0.693. The summed E-state index contributed by atoms with van der Waals surface area (Å²) in [4.78, 5) is 5.68. The highest BCUT2D eigenvalue weighted by molar-refractivity contribution is 7.11. The largest absolute Gasteiger partial charge is 0.311 e. The Labute approximate surface area is 107 Å². The Balaban J connectivity index is 1.69. The molecule has 1 N–H and O–H groups in total. The minimum Gasteiger partial charge on any atom is -0.311 e. The van der Waals surface area contributed by atoms with Crippen LogP contribution in [-0.4, -0.2) is 11.5 Å². The summed E-state index contributed by atoms with van der Waals surface area (Å²) < 4.78 is 0. The second kappa shape index (κ2) is 6.52. The van der Waals surface area contributed by atoms with Crippen LogP contribution in [0.25, 0.3) is 0 Å². The van der Waals surface area contributed by atoms with Crippen molar-refractivity contribution in [3.8, 4) is 0 Å². The highest BCUT2D eigenvalue weighted by Gasteiger charge is 1.99. The van der Waals surface area contributed by atoms with Gasteiger partial charge < -0.3 is 5.32 Å². The molecular weight excluding hydrogens is 228 g/mol. The van der Waals surface area contributed by atoms with Crippen LogP contribution >= 0.6 is 11.3 Å². The molecule has 0 amide bonds. The van der Waals surface area contributed by atoms with Crippen molar-refractivity contribution in [1.29, 1.82) is 0 Å². The van der Waals surface area contributed by atoms with Gasteiger partial charge in [-0.2, -0.15) is 0 Å². The van der Waals surface area contributed by atoms with Crippen LogP contribution in [0, 0.1) is 0 Å². The number of hydrogen-bond acceptors (Lipinski definition) is 3. The van der Waals surface area contributed by atoms with Gasteiger partial charge in [0.2, 0.25) is 0 Å². The molecule has 2 rings (SSSR count). The average Bonchev–Trinajstić information content (AvgIpc) is 2.84. The Morgan fingerprint density at radius 3 is 2.76 bits per heavy atom. The van der Waals surface area contributed by atoms with Gasteiger partial charge in [0.25, 0.3) is 0 Å². The minimum absolute atomic E-state index is 0.935. The Kier molecular flexibility index (Phi) is 4.71. The first-order chi connectivity index (χ1) is 8.38. The van der Waals surface area contributed by atoms with Gasteiger partial charge in [-0.25, -0.2) is 4.98 Å². The molecule has 1 aromatic heterocycles. The molecule has 0 saturated heterocycles. The maximum Gasteiger partial charge on any atom is 0.0925 e. The van der Waals surface area contributed by atoms with Crippen LogP contribution in [0.4, 0.5) is 0 Å². The molecule has 0 atom stereocenters. The average molecular weight is 246 g/mol. The number of rotatable bonds is 6. The predicted molar refractivity (Wildman–Crippen MR) is 73.3 cm³/mol. The maximum absolute atomic E-state index is 4.35. The van der Waals surface area contributed by atoms with Crippen LogP contribution in [0.1, 0.15) is 22.4 Å². The lowest BCUT2D eigenvalue weighted by Crippen LogP contribution is -2.15. The first-order valence-electron chi connectivity index (χ1n) is 6.06. The molecule has 0 aliphatic heterocycles. The third-order valence-electron chi connectivity index (χ3n) is 2.64. The lowest BCUT2D eigenvalue weighted by atomic mass is 10.1. The molecule has 0 spiro atoms. The molecule has 0 radical (unpaired) electrons. The maximum atomic E-state index is 4.35. The summed E-state index contributed by atoms with van der Waals surface area (Å²) in [5.74, 6) is 0. The fourth-order valence-corrected chi connectivity index (χ4v) is 2.51. The summed E-state index contributed by atoms with van der Waals surface area (Å²) in [5, 5.41) is 4.68. The Morgan fingerprint density at radius 1 is 1.24 bits per heavy atom. The quantitative estimate of drug-likeness (QED) is 0.792. The third-order valence-corrected chi connectivity index (χ3v) is 3.78. The number of thiazole rings is 1. The standard InChI is InChI=1S/C14H18N2S/c1-2-14-16-11-13(17-14)10-15-9-8-12-6-4-3-5-7-12/h3-7,11,15H,2,8-10H2,1H3. The smallest absolute Gasteiger partial charge is 0.0925 e.